The number of carbonyl (C=O) groups excluding carboxylic acids is 2. The molecule has 0 atom stereocenters. The third-order valence-electron chi connectivity index (χ3n) is 2.55. The fourth-order valence-electron chi connectivity index (χ4n) is 1.66. The van der Waals surface area contributed by atoms with E-state index in [-0.39, 0.29) is 18.0 Å². The van der Waals surface area contributed by atoms with Crippen LogP contribution in [0.15, 0.2) is 54.6 Å². The predicted octanol–water partition coefficient (Wildman–Crippen LogP) is 2.60. The molecule has 0 unspecified atom stereocenters. The first-order valence-corrected chi connectivity index (χ1v) is 5.82. The SMILES string of the molecule is O=C(CC(=O)c1ccccc1)Nc1cccc(O)c1. The summed E-state index contributed by atoms with van der Waals surface area (Å²) in [6.45, 7) is 0. The molecular formula is C15H13NO3. The van der Waals surface area contributed by atoms with Crippen molar-refractivity contribution in [1.82, 2.24) is 0 Å². The van der Waals surface area contributed by atoms with Crippen LogP contribution < -0.4 is 5.32 Å². The second-order valence-electron chi connectivity index (χ2n) is 4.06. The fraction of sp³-hybridized carbons (Fsp3) is 0.0667. The summed E-state index contributed by atoms with van der Waals surface area (Å²) in [5.74, 6) is -0.579. The highest BCUT2D eigenvalue weighted by Crippen LogP contribution is 2.15. The minimum atomic E-state index is -0.403. The normalized spacial score (nSPS) is 9.89. The number of phenols is 1. The summed E-state index contributed by atoms with van der Waals surface area (Å²) in [6, 6.07) is 14.8. The number of phenolic OH excluding ortho intramolecular Hbond substituents is 1. The van der Waals surface area contributed by atoms with Crippen molar-refractivity contribution >= 4 is 17.4 Å². The van der Waals surface area contributed by atoms with Gasteiger partial charge in [-0.25, -0.2) is 0 Å². The number of rotatable bonds is 4. The Kier molecular flexibility index (Phi) is 3.93. The average molecular weight is 255 g/mol. The Morgan fingerprint density at radius 1 is 1.00 bits per heavy atom. The molecule has 2 rings (SSSR count). The zero-order valence-corrected chi connectivity index (χ0v) is 10.2. The molecule has 0 saturated carbocycles. The van der Waals surface area contributed by atoms with Crippen LogP contribution in [0.2, 0.25) is 0 Å². The van der Waals surface area contributed by atoms with Gasteiger partial charge in [-0.3, -0.25) is 9.59 Å². The quantitative estimate of drug-likeness (QED) is 0.652. The molecule has 19 heavy (non-hydrogen) atoms. The molecule has 0 aromatic heterocycles. The second-order valence-corrected chi connectivity index (χ2v) is 4.06. The lowest BCUT2D eigenvalue weighted by Gasteiger charge is -2.05. The molecule has 0 radical (unpaired) electrons. The Bertz CT molecular complexity index is 593. The number of carbonyl (C=O) groups is 2. The average Bonchev–Trinajstić information content (AvgIpc) is 2.39. The van der Waals surface area contributed by atoms with Crippen molar-refractivity contribution in [3.05, 3.63) is 60.2 Å². The van der Waals surface area contributed by atoms with Crippen molar-refractivity contribution < 1.29 is 14.7 Å². The van der Waals surface area contributed by atoms with E-state index in [1.54, 1.807) is 36.4 Å². The van der Waals surface area contributed by atoms with Crippen molar-refractivity contribution in [3.63, 3.8) is 0 Å². The highest BCUT2D eigenvalue weighted by molar-refractivity contribution is 6.10. The van der Waals surface area contributed by atoms with Gasteiger partial charge >= 0.3 is 0 Å². The Hall–Kier alpha value is -2.62. The molecule has 2 aromatic carbocycles. The molecule has 0 saturated heterocycles. The summed E-state index contributed by atoms with van der Waals surface area (Å²) in [7, 11) is 0. The first-order valence-electron chi connectivity index (χ1n) is 5.82. The van der Waals surface area contributed by atoms with Crippen LogP contribution in [0.5, 0.6) is 5.75 Å². The summed E-state index contributed by atoms with van der Waals surface area (Å²) >= 11 is 0. The molecule has 0 bridgehead atoms. The summed E-state index contributed by atoms with van der Waals surface area (Å²) in [6.07, 6.45) is -0.223. The number of nitrogens with one attached hydrogen (secondary N) is 1. The summed E-state index contributed by atoms with van der Waals surface area (Å²) < 4.78 is 0. The molecule has 2 aromatic rings. The van der Waals surface area contributed by atoms with E-state index < -0.39 is 5.91 Å². The van der Waals surface area contributed by atoms with Crippen LogP contribution in [0.4, 0.5) is 5.69 Å². The molecule has 0 fully saturated rings. The second kappa shape index (κ2) is 5.82. The van der Waals surface area contributed by atoms with Gasteiger partial charge < -0.3 is 10.4 Å². The predicted molar refractivity (Wildman–Crippen MR) is 72.1 cm³/mol. The molecule has 0 aliphatic carbocycles. The van der Waals surface area contributed by atoms with Gasteiger partial charge in [0.2, 0.25) is 5.91 Å². The van der Waals surface area contributed by atoms with Gasteiger partial charge in [-0.15, -0.1) is 0 Å². The molecule has 4 nitrogen and oxygen atoms in total. The molecule has 0 heterocycles. The molecule has 0 spiro atoms. The van der Waals surface area contributed by atoms with E-state index >= 15 is 0 Å². The molecule has 0 aliphatic rings. The molecule has 2 N–H and O–H groups in total. The van der Waals surface area contributed by atoms with Gasteiger partial charge in [0.25, 0.3) is 0 Å². The van der Waals surface area contributed by atoms with Gasteiger partial charge in [0, 0.05) is 17.3 Å². The summed E-state index contributed by atoms with van der Waals surface area (Å²) in [5, 5.41) is 11.8. The molecular weight excluding hydrogens is 242 g/mol. The summed E-state index contributed by atoms with van der Waals surface area (Å²) in [5.41, 5.74) is 0.972. The topological polar surface area (TPSA) is 66.4 Å². The number of benzene rings is 2. The Labute approximate surface area is 110 Å². The first kappa shape index (κ1) is 12.8. The molecule has 4 heteroatoms. The maximum Gasteiger partial charge on any atom is 0.232 e. The van der Waals surface area contributed by atoms with Gasteiger partial charge in [-0.2, -0.15) is 0 Å². The van der Waals surface area contributed by atoms with Crippen LogP contribution in [0, 0.1) is 0 Å². The number of amides is 1. The highest BCUT2D eigenvalue weighted by atomic mass is 16.3. The van der Waals surface area contributed by atoms with Gasteiger partial charge in [0.1, 0.15) is 5.75 Å². The number of anilines is 1. The molecule has 96 valence electrons. The van der Waals surface area contributed by atoms with E-state index in [0.29, 0.717) is 11.3 Å². The monoisotopic (exact) mass is 255 g/mol. The fourth-order valence-corrected chi connectivity index (χ4v) is 1.66. The van der Waals surface area contributed by atoms with E-state index in [1.165, 1.54) is 12.1 Å². The number of hydrogen-bond donors (Lipinski definition) is 2. The number of aromatic hydroxyl groups is 1. The molecule has 1 amide bonds. The van der Waals surface area contributed by atoms with Crippen molar-refractivity contribution in [3.8, 4) is 5.75 Å². The largest absolute Gasteiger partial charge is 0.508 e. The van der Waals surface area contributed by atoms with E-state index in [2.05, 4.69) is 5.32 Å². The zero-order chi connectivity index (χ0) is 13.7. The van der Waals surface area contributed by atoms with Gasteiger partial charge in [0.05, 0.1) is 6.42 Å². The maximum absolute atomic E-state index is 11.8. The van der Waals surface area contributed by atoms with E-state index in [0.717, 1.165) is 0 Å². The van der Waals surface area contributed by atoms with Gasteiger partial charge in [0.15, 0.2) is 5.78 Å². The maximum atomic E-state index is 11.8. The number of ketones is 1. The third-order valence-corrected chi connectivity index (χ3v) is 2.55. The number of Topliss-reactive ketones (excluding diaryl/α,β-unsaturated/α-hetero) is 1. The van der Waals surface area contributed by atoms with Crippen molar-refractivity contribution in [2.75, 3.05) is 5.32 Å². The zero-order valence-electron chi connectivity index (χ0n) is 10.2. The van der Waals surface area contributed by atoms with Crippen LogP contribution in [0.25, 0.3) is 0 Å². The standard InChI is InChI=1S/C15H13NO3/c17-13-8-4-7-12(9-13)16-15(19)10-14(18)11-5-2-1-3-6-11/h1-9,17H,10H2,(H,16,19). The molecule has 0 aliphatic heterocycles. The van der Waals surface area contributed by atoms with Gasteiger partial charge in [-0.1, -0.05) is 36.4 Å². The van der Waals surface area contributed by atoms with Crippen molar-refractivity contribution in [2.24, 2.45) is 0 Å². The highest BCUT2D eigenvalue weighted by Gasteiger charge is 2.11. The number of hydrogen-bond acceptors (Lipinski definition) is 3. The third kappa shape index (κ3) is 3.67. The van der Waals surface area contributed by atoms with Crippen LogP contribution in [0.1, 0.15) is 16.8 Å². The smallest absolute Gasteiger partial charge is 0.232 e. The Morgan fingerprint density at radius 2 is 1.74 bits per heavy atom. The van der Waals surface area contributed by atoms with Crippen molar-refractivity contribution in [1.29, 1.82) is 0 Å². The van der Waals surface area contributed by atoms with Crippen LogP contribution in [0.3, 0.4) is 0 Å². The summed E-state index contributed by atoms with van der Waals surface area (Å²) in [4.78, 5) is 23.5. The van der Waals surface area contributed by atoms with E-state index in [1.807, 2.05) is 6.07 Å². The van der Waals surface area contributed by atoms with Crippen LogP contribution >= 0.6 is 0 Å². The van der Waals surface area contributed by atoms with Gasteiger partial charge in [-0.05, 0) is 12.1 Å². The Morgan fingerprint density at radius 3 is 2.42 bits per heavy atom. The van der Waals surface area contributed by atoms with E-state index in [4.69, 9.17) is 0 Å². The lowest BCUT2D eigenvalue weighted by Crippen LogP contribution is -2.16. The van der Waals surface area contributed by atoms with Crippen molar-refractivity contribution in [2.45, 2.75) is 6.42 Å². The van der Waals surface area contributed by atoms with E-state index in [9.17, 15) is 14.7 Å². The van der Waals surface area contributed by atoms with Crippen LogP contribution in [-0.4, -0.2) is 16.8 Å². The Balaban J connectivity index is 1.97. The minimum Gasteiger partial charge on any atom is -0.508 e. The lowest BCUT2D eigenvalue weighted by atomic mass is 10.1. The first-order chi connectivity index (χ1) is 9.15. The van der Waals surface area contributed by atoms with Crippen LogP contribution in [-0.2, 0) is 4.79 Å². The minimum absolute atomic E-state index is 0.0622. The lowest BCUT2D eigenvalue weighted by molar-refractivity contribution is -0.115.